The van der Waals surface area contributed by atoms with E-state index in [0.717, 1.165) is 0 Å². The molecule has 0 amide bonds. The lowest BCUT2D eigenvalue weighted by Crippen LogP contribution is -2.31. The van der Waals surface area contributed by atoms with E-state index in [9.17, 15) is 0 Å². The highest BCUT2D eigenvalue weighted by Gasteiger charge is 2.18. The van der Waals surface area contributed by atoms with E-state index < -0.39 is 0 Å². The van der Waals surface area contributed by atoms with Crippen molar-refractivity contribution in [3.63, 3.8) is 0 Å². The van der Waals surface area contributed by atoms with Crippen molar-refractivity contribution in [3.05, 3.63) is 29.3 Å². The Hall–Kier alpha value is -1.02. The summed E-state index contributed by atoms with van der Waals surface area (Å²) in [6.45, 7) is 6.16. The quantitative estimate of drug-likeness (QED) is 0.778. The monoisotopic (exact) mass is 192 g/mol. The Morgan fingerprint density at radius 1 is 1.21 bits per heavy atom. The Labute approximate surface area is 86.7 Å². The Bertz CT molecular complexity index is 322. The zero-order chi connectivity index (χ0) is 10.9. The zero-order valence-corrected chi connectivity index (χ0v) is 9.76. The fourth-order valence-electron chi connectivity index (χ4n) is 1.56. The molecule has 2 nitrogen and oxygen atoms in total. The third-order valence-electron chi connectivity index (χ3n) is 2.33. The third-order valence-corrected chi connectivity index (χ3v) is 2.33. The van der Waals surface area contributed by atoms with Gasteiger partial charge in [-0.3, -0.25) is 0 Å². The van der Waals surface area contributed by atoms with Gasteiger partial charge in [-0.2, -0.15) is 0 Å². The predicted octanol–water partition coefficient (Wildman–Crippen LogP) is 2.25. The van der Waals surface area contributed by atoms with Gasteiger partial charge in [0.25, 0.3) is 0 Å². The highest BCUT2D eigenvalue weighted by atomic mass is 15.1. The van der Waals surface area contributed by atoms with E-state index >= 15 is 0 Å². The lowest BCUT2D eigenvalue weighted by atomic mass is 9.92. The first-order chi connectivity index (χ1) is 6.32. The molecule has 78 valence electrons. The summed E-state index contributed by atoms with van der Waals surface area (Å²) in [5, 5.41) is 0. The van der Waals surface area contributed by atoms with E-state index in [4.69, 9.17) is 5.73 Å². The molecule has 0 radical (unpaired) electrons. The van der Waals surface area contributed by atoms with Crippen LogP contribution in [0.5, 0.6) is 0 Å². The second kappa shape index (κ2) is 3.62. The van der Waals surface area contributed by atoms with Gasteiger partial charge in [0.1, 0.15) is 0 Å². The second-order valence-corrected chi connectivity index (χ2v) is 4.64. The molecule has 0 atom stereocenters. The van der Waals surface area contributed by atoms with Crippen LogP contribution in [0.25, 0.3) is 0 Å². The molecule has 0 aliphatic heterocycles. The minimum absolute atomic E-state index is 0.284. The SMILES string of the molecule is Cc1ccc(C(C)(C)N)c(N(C)C)c1. The van der Waals surface area contributed by atoms with Gasteiger partial charge in [-0.25, -0.2) is 0 Å². The number of hydrogen-bond acceptors (Lipinski definition) is 2. The maximum Gasteiger partial charge on any atom is 0.0414 e. The van der Waals surface area contributed by atoms with Crippen LogP contribution < -0.4 is 10.6 Å². The van der Waals surface area contributed by atoms with E-state index in [-0.39, 0.29) is 5.54 Å². The molecule has 2 N–H and O–H groups in total. The smallest absolute Gasteiger partial charge is 0.0414 e. The normalized spacial score (nSPS) is 11.6. The van der Waals surface area contributed by atoms with Crippen molar-refractivity contribution < 1.29 is 0 Å². The van der Waals surface area contributed by atoms with Crippen LogP contribution in [0.3, 0.4) is 0 Å². The summed E-state index contributed by atoms with van der Waals surface area (Å²) in [7, 11) is 4.09. The summed E-state index contributed by atoms with van der Waals surface area (Å²) in [6, 6.07) is 6.39. The van der Waals surface area contributed by atoms with Crippen LogP contribution in [0.15, 0.2) is 18.2 Å². The average Bonchev–Trinajstić information content (AvgIpc) is 2.01. The van der Waals surface area contributed by atoms with Crippen LogP contribution in [-0.4, -0.2) is 14.1 Å². The fraction of sp³-hybridized carbons (Fsp3) is 0.500. The van der Waals surface area contributed by atoms with Gasteiger partial charge in [-0.1, -0.05) is 12.1 Å². The number of nitrogens with zero attached hydrogens (tertiary/aromatic N) is 1. The molecule has 1 rings (SSSR count). The van der Waals surface area contributed by atoms with E-state index in [2.05, 4.69) is 30.0 Å². The Morgan fingerprint density at radius 2 is 1.79 bits per heavy atom. The first-order valence-electron chi connectivity index (χ1n) is 4.89. The van der Waals surface area contributed by atoms with E-state index in [0.29, 0.717) is 0 Å². The largest absolute Gasteiger partial charge is 0.377 e. The molecular weight excluding hydrogens is 172 g/mol. The lowest BCUT2D eigenvalue weighted by molar-refractivity contribution is 0.554. The summed E-state index contributed by atoms with van der Waals surface area (Å²) < 4.78 is 0. The van der Waals surface area contributed by atoms with Crippen molar-refractivity contribution in [2.24, 2.45) is 5.73 Å². The summed E-state index contributed by atoms with van der Waals surface area (Å²) in [4.78, 5) is 2.11. The van der Waals surface area contributed by atoms with Crippen molar-refractivity contribution in [2.75, 3.05) is 19.0 Å². The van der Waals surface area contributed by atoms with E-state index in [1.54, 1.807) is 0 Å². The molecule has 0 saturated heterocycles. The molecule has 1 aromatic carbocycles. The van der Waals surface area contributed by atoms with Gasteiger partial charge in [-0.05, 0) is 38.0 Å². The van der Waals surface area contributed by atoms with Gasteiger partial charge in [-0.15, -0.1) is 0 Å². The zero-order valence-electron chi connectivity index (χ0n) is 9.76. The predicted molar refractivity (Wildman–Crippen MR) is 62.7 cm³/mol. The molecule has 0 fully saturated rings. The van der Waals surface area contributed by atoms with Crippen LogP contribution in [0, 0.1) is 6.92 Å². The number of anilines is 1. The van der Waals surface area contributed by atoms with Crippen molar-refractivity contribution in [1.29, 1.82) is 0 Å². The molecule has 0 bridgehead atoms. The Morgan fingerprint density at radius 3 is 2.21 bits per heavy atom. The van der Waals surface area contributed by atoms with E-state index in [1.807, 2.05) is 27.9 Å². The van der Waals surface area contributed by atoms with Gasteiger partial charge < -0.3 is 10.6 Å². The van der Waals surface area contributed by atoms with Crippen LogP contribution in [0.2, 0.25) is 0 Å². The molecule has 1 aromatic rings. The average molecular weight is 192 g/mol. The van der Waals surface area contributed by atoms with Crippen molar-refractivity contribution in [1.82, 2.24) is 0 Å². The van der Waals surface area contributed by atoms with Crippen LogP contribution in [-0.2, 0) is 5.54 Å². The van der Waals surface area contributed by atoms with Crippen molar-refractivity contribution >= 4 is 5.69 Å². The van der Waals surface area contributed by atoms with Crippen molar-refractivity contribution in [2.45, 2.75) is 26.3 Å². The summed E-state index contributed by atoms with van der Waals surface area (Å²) in [5.74, 6) is 0. The highest BCUT2D eigenvalue weighted by Crippen LogP contribution is 2.28. The molecule has 2 heteroatoms. The molecule has 0 saturated carbocycles. The van der Waals surface area contributed by atoms with Crippen molar-refractivity contribution in [3.8, 4) is 0 Å². The Balaban J connectivity index is 3.29. The molecule has 0 aliphatic carbocycles. The second-order valence-electron chi connectivity index (χ2n) is 4.64. The Kier molecular flexibility index (Phi) is 2.86. The summed E-state index contributed by atoms with van der Waals surface area (Å²) in [5.41, 5.74) is 9.49. The van der Waals surface area contributed by atoms with Crippen LogP contribution >= 0.6 is 0 Å². The van der Waals surface area contributed by atoms with Crippen LogP contribution in [0.1, 0.15) is 25.0 Å². The third kappa shape index (κ3) is 2.26. The molecule has 0 spiro atoms. The van der Waals surface area contributed by atoms with Crippen LogP contribution in [0.4, 0.5) is 5.69 Å². The van der Waals surface area contributed by atoms with Gasteiger partial charge in [0.05, 0.1) is 0 Å². The first-order valence-corrected chi connectivity index (χ1v) is 4.89. The number of aryl methyl sites for hydroxylation is 1. The van der Waals surface area contributed by atoms with Gasteiger partial charge in [0.2, 0.25) is 0 Å². The fourth-order valence-corrected chi connectivity index (χ4v) is 1.56. The molecule has 0 aromatic heterocycles. The van der Waals surface area contributed by atoms with E-state index in [1.165, 1.54) is 16.8 Å². The topological polar surface area (TPSA) is 29.3 Å². The number of benzene rings is 1. The number of hydrogen-bond donors (Lipinski definition) is 1. The van der Waals surface area contributed by atoms with Gasteiger partial charge >= 0.3 is 0 Å². The molecule has 0 unspecified atom stereocenters. The maximum atomic E-state index is 6.12. The molecule has 14 heavy (non-hydrogen) atoms. The van der Waals surface area contributed by atoms with Gasteiger partial charge in [0.15, 0.2) is 0 Å². The van der Waals surface area contributed by atoms with Gasteiger partial charge in [0, 0.05) is 25.3 Å². The minimum Gasteiger partial charge on any atom is -0.377 e. The number of rotatable bonds is 2. The molecule has 0 aliphatic rings. The molecule has 0 heterocycles. The summed E-state index contributed by atoms with van der Waals surface area (Å²) >= 11 is 0. The minimum atomic E-state index is -0.284. The first kappa shape index (κ1) is 11.1. The summed E-state index contributed by atoms with van der Waals surface area (Å²) in [6.07, 6.45) is 0. The highest BCUT2D eigenvalue weighted by molar-refractivity contribution is 5.56. The standard InChI is InChI=1S/C12H20N2/c1-9-6-7-10(12(2,3)13)11(8-9)14(4)5/h6-8H,13H2,1-5H3. The molecular formula is C12H20N2. The maximum absolute atomic E-state index is 6.12. The number of nitrogens with two attached hydrogens (primary N) is 1. The lowest BCUT2D eigenvalue weighted by Gasteiger charge is -2.26.